The standard InChI is InChI=1S/C12H24N2O3/c1-8(2)6-9(10(13)15)7-14-11(16)17-12(3,4)5/h8-9H,6-7H2,1-5H3,(H2,13,15)(H,14,16). The zero-order valence-electron chi connectivity index (χ0n) is 11.4. The largest absolute Gasteiger partial charge is 0.444 e. The minimum atomic E-state index is -0.537. The van der Waals surface area contributed by atoms with E-state index in [1.165, 1.54) is 0 Å². The molecule has 0 aromatic carbocycles. The number of nitrogens with two attached hydrogens (primary N) is 1. The lowest BCUT2D eigenvalue weighted by Crippen LogP contribution is -2.39. The van der Waals surface area contributed by atoms with Crippen molar-refractivity contribution in [1.29, 1.82) is 0 Å². The summed E-state index contributed by atoms with van der Waals surface area (Å²) >= 11 is 0. The summed E-state index contributed by atoms with van der Waals surface area (Å²) in [4.78, 5) is 22.5. The van der Waals surface area contributed by atoms with E-state index in [0.29, 0.717) is 12.3 Å². The van der Waals surface area contributed by atoms with Gasteiger partial charge in [0, 0.05) is 6.54 Å². The van der Waals surface area contributed by atoms with Gasteiger partial charge in [-0.15, -0.1) is 0 Å². The molecule has 0 spiro atoms. The van der Waals surface area contributed by atoms with E-state index in [4.69, 9.17) is 10.5 Å². The van der Waals surface area contributed by atoms with Gasteiger partial charge in [0.1, 0.15) is 5.60 Å². The smallest absolute Gasteiger partial charge is 0.407 e. The highest BCUT2D eigenvalue weighted by Gasteiger charge is 2.20. The van der Waals surface area contributed by atoms with E-state index in [0.717, 1.165) is 0 Å². The van der Waals surface area contributed by atoms with Crippen LogP contribution in [0.15, 0.2) is 0 Å². The minimum Gasteiger partial charge on any atom is -0.444 e. The van der Waals surface area contributed by atoms with Gasteiger partial charge in [-0.25, -0.2) is 4.79 Å². The number of carbonyl (C=O) groups is 2. The van der Waals surface area contributed by atoms with Crippen LogP contribution in [-0.4, -0.2) is 24.1 Å². The number of hydrogen-bond donors (Lipinski definition) is 2. The molecule has 100 valence electrons. The van der Waals surface area contributed by atoms with Crippen LogP contribution in [0.2, 0.25) is 0 Å². The molecule has 5 nitrogen and oxygen atoms in total. The van der Waals surface area contributed by atoms with Gasteiger partial charge in [-0.2, -0.15) is 0 Å². The van der Waals surface area contributed by atoms with E-state index >= 15 is 0 Å². The van der Waals surface area contributed by atoms with Gasteiger partial charge in [-0.05, 0) is 33.1 Å². The van der Waals surface area contributed by atoms with Gasteiger partial charge < -0.3 is 15.8 Å². The Bertz CT molecular complexity index is 269. The second-order valence-electron chi connectivity index (χ2n) is 5.61. The third-order valence-electron chi connectivity index (χ3n) is 2.05. The van der Waals surface area contributed by atoms with Crippen LogP contribution >= 0.6 is 0 Å². The molecular formula is C12H24N2O3. The van der Waals surface area contributed by atoms with Crippen LogP contribution in [0.3, 0.4) is 0 Å². The van der Waals surface area contributed by atoms with E-state index in [2.05, 4.69) is 5.32 Å². The van der Waals surface area contributed by atoms with E-state index in [9.17, 15) is 9.59 Å². The summed E-state index contributed by atoms with van der Waals surface area (Å²) in [6.07, 6.45) is 0.137. The van der Waals surface area contributed by atoms with Crippen molar-refractivity contribution < 1.29 is 14.3 Å². The molecule has 0 radical (unpaired) electrons. The Balaban J connectivity index is 4.13. The van der Waals surface area contributed by atoms with Crippen LogP contribution in [0.4, 0.5) is 4.79 Å². The average Bonchev–Trinajstić information content (AvgIpc) is 2.08. The van der Waals surface area contributed by atoms with Crippen LogP contribution < -0.4 is 11.1 Å². The molecule has 1 atom stereocenters. The second kappa shape index (κ2) is 6.47. The lowest BCUT2D eigenvalue weighted by molar-refractivity contribution is -0.122. The summed E-state index contributed by atoms with van der Waals surface area (Å²) in [6, 6.07) is 0. The van der Waals surface area contributed by atoms with E-state index in [-0.39, 0.29) is 12.5 Å². The van der Waals surface area contributed by atoms with Crippen LogP contribution in [0.25, 0.3) is 0 Å². The molecule has 1 unspecified atom stereocenters. The Morgan fingerprint density at radius 3 is 2.18 bits per heavy atom. The summed E-state index contributed by atoms with van der Waals surface area (Å²) in [5, 5.41) is 2.56. The van der Waals surface area contributed by atoms with Gasteiger partial charge in [-0.3, -0.25) is 4.79 Å². The Hall–Kier alpha value is -1.26. The normalized spacial score (nSPS) is 13.3. The fourth-order valence-corrected chi connectivity index (χ4v) is 1.39. The van der Waals surface area contributed by atoms with Crippen LogP contribution in [0, 0.1) is 11.8 Å². The number of hydrogen-bond acceptors (Lipinski definition) is 3. The van der Waals surface area contributed by atoms with Gasteiger partial charge in [-0.1, -0.05) is 13.8 Å². The summed E-state index contributed by atoms with van der Waals surface area (Å²) in [5.41, 5.74) is 4.73. The molecule has 0 aliphatic rings. The third-order valence-corrected chi connectivity index (χ3v) is 2.05. The number of ether oxygens (including phenoxy) is 1. The van der Waals surface area contributed by atoms with Crippen molar-refractivity contribution in [3.8, 4) is 0 Å². The molecular weight excluding hydrogens is 220 g/mol. The predicted octanol–water partition coefficient (Wildman–Crippen LogP) is 1.66. The molecule has 5 heteroatoms. The monoisotopic (exact) mass is 244 g/mol. The fourth-order valence-electron chi connectivity index (χ4n) is 1.39. The summed E-state index contributed by atoms with van der Waals surface area (Å²) in [5.74, 6) is -0.384. The van der Waals surface area contributed by atoms with Gasteiger partial charge in [0.05, 0.1) is 5.92 Å². The third kappa shape index (κ3) is 8.54. The number of primary amides is 1. The van der Waals surface area contributed by atoms with Crippen molar-refractivity contribution in [2.24, 2.45) is 17.6 Å². The lowest BCUT2D eigenvalue weighted by atomic mass is 9.96. The molecule has 0 bridgehead atoms. The van der Waals surface area contributed by atoms with E-state index in [1.807, 2.05) is 13.8 Å². The summed E-state index contributed by atoms with van der Waals surface area (Å²) < 4.78 is 5.07. The molecule has 3 N–H and O–H groups in total. The Morgan fingerprint density at radius 2 is 1.82 bits per heavy atom. The van der Waals surface area contributed by atoms with Crippen molar-refractivity contribution in [3.05, 3.63) is 0 Å². The maximum absolute atomic E-state index is 11.4. The second-order valence-corrected chi connectivity index (χ2v) is 5.61. The average molecular weight is 244 g/mol. The van der Waals surface area contributed by atoms with Crippen LogP contribution in [0.5, 0.6) is 0 Å². The highest BCUT2D eigenvalue weighted by Crippen LogP contribution is 2.11. The minimum absolute atomic E-state index is 0.225. The SMILES string of the molecule is CC(C)CC(CNC(=O)OC(C)(C)C)C(N)=O. The predicted molar refractivity (Wildman–Crippen MR) is 66.4 cm³/mol. The Kier molecular flexibility index (Phi) is 5.99. The highest BCUT2D eigenvalue weighted by molar-refractivity contribution is 5.77. The molecule has 0 saturated carbocycles. The number of rotatable bonds is 5. The van der Waals surface area contributed by atoms with Crippen molar-refractivity contribution in [2.75, 3.05) is 6.54 Å². The summed E-state index contributed by atoms with van der Waals surface area (Å²) in [7, 11) is 0. The number of alkyl carbamates (subject to hydrolysis) is 1. The molecule has 0 heterocycles. The van der Waals surface area contributed by atoms with Gasteiger partial charge >= 0.3 is 6.09 Å². The quantitative estimate of drug-likeness (QED) is 0.771. The topological polar surface area (TPSA) is 81.4 Å². The first-order valence-corrected chi connectivity index (χ1v) is 5.88. The molecule has 0 aliphatic heterocycles. The molecule has 0 rings (SSSR count). The molecule has 0 fully saturated rings. The first-order chi connectivity index (χ1) is 7.61. The molecule has 0 saturated heterocycles. The van der Waals surface area contributed by atoms with Crippen molar-refractivity contribution in [1.82, 2.24) is 5.32 Å². The first kappa shape index (κ1) is 15.7. The zero-order chi connectivity index (χ0) is 13.6. The van der Waals surface area contributed by atoms with Crippen molar-refractivity contribution >= 4 is 12.0 Å². The Morgan fingerprint density at radius 1 is 1.29 bits per heavy atom. The number of carbonyl (C=O) groups excluding carboxylic acids is 2. The van der Waals surface area contributed by atoms with Crippen molar-refractivity contribution in [3.63, 3.8) is 0 Å². The summed E-state index contributed by atoms with van der Waals surface area (Å²) in [6.45, 7) is 9.58. The fraction of sp³-hybridized carbons (Fsp3) is 0.833. The molecule has 0 aliphatic carbocycles. The van der Waals surface area contributed by atoms with Gasteiger partial charge in [0.25, 0.3) is 0 Å². The van der Waals surface area contributed by atoms with Gasteiger partial charge in [0.15, 0.2) is 0 Å². The molecule has 17 heavy (non-hydrogen) atoms. The van der Waals surface area contributed by atoms with Gasteiger partial charge in [0.2, 0.25) is 5.91 Å². The molecule has 0 aromatic rings. The molecule has 0 aromatic heterocycles. The zero-order valence-corrected chi connectivity index (χ0v) is 11.4. The highest BCUT2D eigenvalue weighted by atomic mass is 16.6. The van der Waals surface area contributed by atoms with Crippen molar-refractivity contribution in [2.45, 2.75) is 46.6 Å². The van der Waals surface area contributed by atoms with E-state index < -0.39 is 17.6 Å². The van der Waals surface area contributed by atoms with E-state index in [1.54, 1.807) is 20.8 Å². The first-order valence-electron chi connectivity index (χ1n) is 5.88. The van der Waals surface area contributed by atoms with Crippen LogP contribution in [0.1, 0.15) is 41.0 Å². The Labute approximate surface area is 103 Å². The molecule has 2 amide bonds. The number of amides is 2. The number of nitrogens with one attached hydrogen (secondary N) is 1. The lowest BCUT2D eigenvalue weighted by Gasteiger charge is -2.21. The maximum Gasteiger partial charge on any atom is 0.407 e. The van der Waals surface area contributed by atoms with Crippen LogP contribution in [-0.2, 0) is 9.53 Å². The maximum atomic E-state index is 11.4.